The van der Waals surface area contributed by atoms with E-state index in [0.717, 1.165) is 36.7 Å². The summed E-state index contributed by atoms with van der Waals surface area (Å²) in [6.45, 7) is 2.14. The molecule has 0 aromatic heterocycles. The zero-order valence-electron chi connectivity index (χ0n) is 18.0. The lowest BCUT2D eigenvalue weighted by Crippen LogP contribution is -2.34. The van der Waals surface area contributed by atoms with Gasteiger partial charge >= 0.3 is 0 Å². The molecule has 0 bridgehead atoms. The molecule has 5 heteroatoms. The molecular formula is C27H27BrF2N2. The summed E-state index contributed by atoms with van der Waals surface area (Å²) in [5, 5.41) is 0. The zero-order chi connectivity index (χ0) is 22.1. The first-order valence-corrected chi connectivity index (χ1v) is 12.2. The first-order chi connectivity index (χ1) is 15.6. The van der Waals surface area contributed by atoms with Crippen LogP contribution < -0.4 is 9.80 Å². The van der Waals surface area contributed by atoms with Gasteiger partial charge in [-0.1, -0.05) is 58.4 Å². The molecule has 5 rings (SSSR count). The van der Waals surface area contributed by atoms with Crippen molar-refractivity contribution in [2.75, 3.05) is 29.4 Å². The summed E-state index contributed by atoms with van der Waals surface area (Å²) >= 11 is 3.48. The molecule has 1 atom stereocenters. The van der Waals surface area contributed by atoms with Gasteiger partial charge in [-0.2, -0.15) is 0 Å². The number of hydrogen-bond acceptors (Lipinski definition) is 2. The molecule has 2 heterocycles. The highest BCUT2D eigenvalue weighted by Gasteiger charge is 2.30. The van der Waals surface area contributed by atoms with E-state index in [-0.39, 0.29) is 11.7 Å². The van der Waals surface area contributed by atoms with Crippen LogP contribution in [0.15, 0.2) is 71.2 Å². The van der Waals surface area contributed by atoms with Gasteiger partial charge in [0.05, 0.1) is 6.04 Å². The second kappa shape index (κ2) is 9.22. The summed E-state index contributed by atoms with van der Waals surface area (Å²) < 4.78 is 31.5. The van der Waals surface area contributed by atoms with Gasteiger partial charge in [-0.15, -0.1) is 0 Å². The Bertz CT molecular complexity index is 1040. The summed E-state index contributed by atoms with van der Waals surface area (Å²) in [6, 6.07) is 21.8. The fourth-order valence-corrected chi connectivity index (χ4v) is 5.55. The lowest BCUT2D eigenvalue weighted by molar-refractivity contribution is 0.486. The molecule has 0 aliphatic carbocycles. The van der Waals surface area contributed by atoms with Gasteiger partial charge in [-0.05, 0) is 67.0 Å². The van der Waals surface area contributed by atoms with Crippen molar-refractivity contribution in [1.82, 2.24) is 0 Å². The highest BCUT2D eigenvalue weighted by atomic mass is 79.9. The van der Waals surface area contributed by atoms with Crippen LogP contribution in [0.5, 0.6) is 0 Å². The van der Waals surface area contributed by atoms with Crippen LogP contribution in [0.25, 0.3) is 0 Å². The topological polar surface area (TPSA) is 6.48 Å². The van der Waals surface area contributed by atoms with E-state index >= 15 is 8.78 Å². The molecule has 2 fully saturated rings. The summed E-state index contributed by atoms with van der Waals surface area (Å²) in [4.78, 5) is 4.02. The number of rotatable bonds is 4. The van der Waals surface area contributed by atoms with E-state index in [9.17, 15) is 0 Å². The summed E-state index contributed by atoms with van der Waals surface area (Å²) in [7, 11) is 0. The van der Waals surface area contributed by atoms with Crippen molar-refractivity contribution < 1.29 is 8.78 Å². The minimum atomic E-state index is -0.459. The van der Waals surface area contributed by atoms with Gasteiger partial charge < -0.3 is 9.80 Å². The van der Waals surface area contributed by atoms with Crippen molar-refractivity contribution in [3.8, 4) is 0 Å². The number of hydrogen-bond donors (Lipinski definition) is 0. The monoisotopic (exact) mass is 496 g/mol. The highest BCUT2D eigenvalue weighted by Crippen LogP contribution is 2.40. The molecule has 2 aliphatic rings. The Kier molecular flexibility index (Phi) is 6.18. The molecule has 3 aromatic rings. The standard InChI is InChI=1S/C27H27BrF2N2/c28-22-10-8-21(9-11-22)26-7-4-14-32(26)23-17-24(29)27(25(30)18-23)31-15-12-20(13-16-31)19-5-2-1-3-6-19/h1-3,5-6,8-11,17-18,20,26H,4,7,12-16H2. The first-order valence-electron chi connectivity index (χ1n) is 11.4. The van der Waals surface area contributed by atoms with Crippen molar-refractivity contribution in [2.24, 2.45) is 0 Å². The second-order valence-corrected chi connectivity index (χ2v) is 9.75. The molecule has 32 heavy (non-hydrogen) atoms. The van der Waals surface area contributed by atoms with E-state index in [4.69, 9.17) is 0 Å². The Labute approximate surface area is 197 Å². The number of benzene rings is 3. The summed E-state index contributed by atoms with van der Waals surface area (Å²) in [5.74, 6) is -0.464. The minimum Gasteiger partial charge on any atom is -0.367 e. The van der Waals surface area contributed by atoms with Crippen LogP contribution >= 0.6 is 15.9 Å². The third-order valence-corrected chi connectivity index (χ3v) is 7.45. The molecule has 3 aromatic carbocycles. The normalized spacial score (nSPS) is 19.5. The molecule has 0 radical (unpaired) electrons. The SMILES string of the molecule is Fc1cc(N2CCCC2c2ccc(Br)cc2)cc(F)c1N1CCC(c2ccccc2)CC1. The number of halogens is 3. The van der Waals surface area contributed by atoms with Gasteiger partial charge in [0.2, 0.25) is 0 Å². The maximum atomic E-state index is 15.2. The van der Waals surface area contributed by atoms with Gasteiger partial charge in [0.1, 0.15) is 5.69 Å². The maximum Gasteiger partial charge on any atom is 0.151 e. The number of anilines is 2. The van der Waals surface area contributed by atoms with Crippen LogP contribution in [0.2, 0.25) is 0 Å². The van der Waals surface area contributed by atoms with Crippen LogP contribution in [-0.4, -0.2) is 19.6 Å². The lowest BCUT2D eigenvalue weighted by atomic mass is 9.89. The Morgan fingerprint density at radius 1 is 0.750 bits per heavy atom. The Hall–Kier alpha value is -2.40. The van der Waals surface area contributed by atoms with Crippen LogP contribution in [0.1, 0.15) is 48.8 Å². The van der Waals surface area contributed by atoms with E-state index < -0.39 is 11.6 Å². The summed E-state index contributed by atoms with van der Waals surface area (Å²) in [5.41, 5.74) is 3.25. The van der Waals surface area contributed by atoms with E-state index in [1.165, 1.54) is 23.3 Å². The van der Waals surface area contributed by atoms with Crippen molar-refractivity contribution >= 4 is 27.3 Å². The quantitative estimate of drug-likeness (QED) is 0.369. The molecular weight excluding hydrogens is 470 g/mol. The molecule has 1 unspecified atom stereocenters. The van der Waals surface area contributed by atoms with E-state index in [1.54, 1.807) is 0 Å². The van der Waals surface area contributed by atoms with E-state index in [2.05, 4.69) is 57.2 Å². The van der Waals surface area contributed by atoms with Crippen molar-refractivity contribution in [3.63, 3.8) is 0 Å². The molecule has 0 spiro atoms. The highest BCUT2D eigenvalue weighted by molar-refractivity contribution is 9.10. The van der Waals surface area contributed by atoms with Crippen LogP contribution in [-0.2, 0) is 0 Å². The minimum absolute atomic E-state index is 0.125. The van der Waals surface area contributed by atoms with E-state index in [0.29, 0.717) is 24.7 Å². The van der Waals surface area contributed by atoms with Crippen molar-refractivity contribution in [1.29, 1.82) is 0 Å². The van der Waals surface area contributed by atoms with Gasteiger partial charge in [-0.3, -0.25) is 0 Å². The molecule has 2 nitrogen and oxygen atoms in total. The number of piperidine rings is 1. The van der Waals surface area contributed by atoms with Gasteiger partial charge in [0.25, 0.3) is 0 Å². The van der Waals surface area contributed by atoms with Gasteiger partial charge in [0.15, 0.2) is 11.6 Å². The summed E-state index contributed by atoms with van der Waals surface area (Å²) in [6.07, 6.45) is 3.81. The van der Waals surface area contributed by atoms with Crippen LogP contribution in [0.3, 0.4) is 0 Å². The van der Waals surface area contributed by atoms with Crippen LogP contribution in [0, 0.1) is 11.6 Å². The predicted molar refractivity (Wildman–Crippen MR) is 130 cm³/mol. The third-order valence-electron chi connectivity index (χ3n) is 6.92. The Morgan fingerprint density at radius 3 is 2.06 bits per heavy atom. The molecule has 2 saturated heterocycles. The molecule has 0 amide bonds. The second-order valence-electron chi connectivity index (χ2n) is 8.83. The molecule has 0 saturated carbocycles. The fourth-order valence-electron chi connectivity index (χ4n) is 5.29. The Balaban J connectivity index is 1.34. The average molecular weight is 497 g/mol. The van der Waals surface area contributed by atoms with Gasteiger partial charge in [-0.25, -0.2) is 8.78 Å². The maximum absolute atomic E-state index is 15.2. The van der Waals surface area contributed by atoms with Crippen LogP contribution in [0.4, 0.5) is 20.2 Å². The smallest absolute Gasteiger partial charge is 0.151 e. The fraction of sp³-hybridized carbons (Fsp3) is 0.333. The molecule has 166 valence electrons. The first kappa shape index (κ1) is 21.4. The van der Waals surface area contributed by atoms with E-state index in [1.807, 2.05) is 23.1 Å². The predicted octanol–water partition coefficient (Wildman–Crippen LogP) is 7.45. The average Bonchev–Trinajstić information content (AvgIpc) is 3.30. The lowest BCUT2D eigenvalue weighted by Gasteiger charge is -2.35. The largest absolute Gasteiger partial charge is 0.367 e. The van der Waals surface area contributed by atoms with Crippen molar-refractivity contribution in [2.45, 2.75) is 37.6 Å². The zero-order valence-corrected chi connectivity index (χ0v) is 19.6. The number of nitrogens with zero attached hydrogens (tertiary/aromatic N) is 2. The van der Waals surface area contributed by atoms with Crippen molar-refractivity contribution in [3.05, 3.63) is 94.0 Å². The molecule has 2 aliphatic heterocycles. The molecule has 0 N–H and O–H groups in total. The third kappa shape index (κ3) is 4.27. The Morgan fingerprint density at radius 2 is 1.41 bits per heavy atom. The van der Waals surface area contributed by atoms with Gasteiger partial charge in [0, 0.05) is 29.8 Å².